The van der Waals surface area contributed by atoms with E-state index in [4.69, 9.17) is 5.11 Å². The highest BCUT2D eigenvalue weighted by Crippen LogP contribution is 2.11. The number of hydrogen-bond donors (Lipinski definition) is 4. The molecule has 23 heavy (non-hydrogen) atoms. The molecule has 0 saturated heterocycles. The summed E-state index contributed by atoms with van der Waals surface area (Å²) >= 11 is 0. The van der Waals surface area contributed by atoms with Crippen LogP contribution in [0, 0.1) is 0 Å². The summed E-state index contributed by atoms with van der Waals surface area (Å²) in [5, 5.41) is 30.0. The summed E-state index contributed by atoms with van der Waals surface area (Å²) in [6.45, 7) is 1.62. The number of carbonyl (C=O) groups excluding carboxylic acids is 2. The van der Waals surface area contributed by atoms with Crippen LogP contribution in [0.25, 0.3) is 0 Å². The molecule has 0 radical (unpaired) electrons. The normalized spacial score (nSPS) is 13.0. The van der Waals surface area contributed by atoms with Gasteiger partial charge in [0, 0.05) is 6.42 Å². The van der Waals surface area contributed by atoms with Gasteiger partial charge in [0.05, 0.1) is 13.0 Å². The number of phenols is 1. The van der Waals surface area contributed by atoms with Crippen LogP contribution >= 0.6 is 0 Å². The van der Waals surface area contributed by atoms with Crippen LogP contribution in [0.4, 0.5) is 0 Å². The van der Waals surface area contributed by atoms with E-state index < -0.39 is 36.4 Å². The maximum absolute atomic E-state index is 11.7. The fraction of sp³-hybridized carbons (Fsp3) is 0.400. The van der Waals surface area contributed by atoms with Gasteiger partial charge in [0.15, 0.2) is 6.10 Å². The summed E-state index contributed by atoms with van der Waals surface area (Å²) in [5.74, 6) is -2.93. The molecule has 0 unspecified atom stereocenters. The third-order valence-corrected chi connectivity index (χ3v) is 2.95. The molecule has 0 aromatic heterocycles. The van der Waals surface area contributed by atoms with Crippen molar-refractivity contribution in [3.63, 3.8) is 0 Å². The zero-order chi connectivity index (χ0) is 17.4. The molecular formula is C15H19NO7. The Kier molecular flexibility index (Phi) is 7.01. The maximum Gasteiger partial charge on any atom is 0.335 e. The number of benzene rings is 1. The molecule has 1 amide bonds. The second-order valence-corrected chi connectivity index (χ2v) is 4.80. The van der Waals surface area contributed by atoms with E-state index in [9.17, 15) is 24.6 Å². The smallest absolute Gasteiger partial charge is 0.335 e. The average molecular weight is 325 g/mol. The van der Waals surface area contributed by atoms with Gasteiger partial charge in [-0.15, -0.1) is 0 Å². The van der Waals surface area contributed by atoms with Crippen molar-refractivity contribution in [3.05, 3.63) is 29.8 Å². The van der Waals surface area contributed by atoms with Gasteiger partial charge in [-0.3, -0.25) is 4.79 Å². The number of nitrogens with one attached hydrogen (secondary N) is 1. The Labute approximate surface area is 132 Å². The van der Waals surface area contributed by atoms with Crippen LogP contribution in [0.15, 0.2) is 24.3 Å². The van der Waals surface area contributed by atoms with Gasteiger partial charge in [-0.1, -0.05) is 12.1 Å². The first-order chi connectivity index (χ1) is 10.8. The summed E-state index contributed by atoms with van der Waals surface area (Å²) in [6, 6.07) is 4.65. The Morgan fingerprint density at radius 3 is 2.35 bits per heavy atom. The predicted molar refractivity (Wildman–Crippen MR) is 78.6 cm³/mol. The van der Waals surface area contributed by atoms with Crippen LogP contribution < -0.4 is 5.32 Å². The number of amides is 1. The summed E-state index contributed by atoms with van der Waals surface area (Å²) in [7, 11) is 0. The Balaban J connectivity index is 2.61. The molecule has 0 heterocycles. The number of aliphatic hydroxyl groups excluding tert-OH is 1. The molecule has 2 atom stereocenters. The van der Waals surface area contributed by atoms with Crippen LogP contribution in [-0.4, -0.2) is 51.9 Å². The zero-order valence-corrected chi connectivity index (χ0v) is 12.6. The third kappa shape index (κ3) is 6.35. The minimum atomic E-state index is -1.64. The second kappa shape index (κ2) is 8.74. The van der Waals surface area contributed by atoms with Crippen molar-refractivity contribution in [1.29, 1.82) is 0 Å². The first kappa shape index (κ1) is 18.4. The lowest BCUT2D eigenvalue weighted by Crippen LogP contribution is -2.44. The number of carbonyl (C=O) groups is 3. The van der Waals surface area contributed by atoms with E-state index in [1.807, 2.05) is 0 Å². The monoisotopic (exact) mass is 325 g/mol. The van der Waals surface area contributed by atoms with Crippen molar-refractivity contribution in [2.24, 2.45) is 0 Å². The number of ether oxygens (including phenoxy) is 1. The minimum Gasteiger partial charge on any atom is -0.508 e. The van der Waals surface area contributed by atoms with Gasteiger partial charge in [-0.05, 0) is 24.6 Å². The number of aromatic hydroxyl groups is 1. The molecule has 0 bridgehead atoms. The molecule has 1 rings (SSSR count). The van der Waals surface area contributed by atoms with E-state index in [2.05, 4.69) is 10.1 Å². The molecule has 1 aromatic carbocycles. The van der Waals surface area contributed by atoms with Crippen molar-refractivity contribution < 1.29 is 34.4 Å². The number of esters is 1. The summed E-state index contributed by atoms with van der Waals surface area (Å²) in [6.07, 6.45) is -2.23. The Morgan fingerprint density at radius 2 is 1.83 bits per heavy atom. The lowest BCUT2D eigenvalue weighted by Gasteiger charge is -2.16. The number of rotatable bonds is 8. The number of phenolic OH excluding ortho intramolecular Hbond substituents is 1. The van der Waals surface area contributed by atoms with Gasteiger partial charge in [-0.2, -0.15) is 0 Å². The summed E-state index contributed by atoms with van der Waals surface area (Å²) in [5.41, 5.74) is 0.599. The number of aliphatic carboxylic acids is 1. The van der Waals surface area contributed by atoms with Gasteiger partial charge >= 0.3 is 11.9 Å². The van der Waals surface area contributed by atoms with Crippen molar-refractivity contribution in [2.75, 3.05) is 6.61 Å². The van der Waals surface area contributed by atoms with Gasteiger partial charge in [0.1, 0.15) is 11.8 Å². The molecule has 8 heteroatoms. The van der Waals surface area contributed by atoms with Gasteiger partial charge in [0.25, 0.3) is 0 Å². The topological polar surface area (TPSA) is 133 Å². The van der Waals surface area contributed by atoms with Crippen LogP contribution in [0.3, 0.4) is 0 Å². The lowest BCUT2D eigenvalue weighted by molar-refractivity contribution is -0.155. The number of hydrogen-bond acceptors (Lipinski definition) is 6. The van der Waals surface area contributed by atoms with Crippen LogP contribution in [-0.2, 0) is 25.5 Å². The Bertz CT molecular complexity index is 555. The highest BCUT2D eigenvalue weighted by molar-refractivity contribution is 5.87. The molecule has 0 spiro atoms. The van der Waals surface area contributed by atoms with Crippen molar-refractivity contribution in [3.8, 4) is 5.75 Å². The van der Waals surface area contributed by atoms with Crippen LogP contribution in [0.5, 0.6) is 5.75 Å². The van der Waals surface area contributed by atoms with E-state index in [0.717, 1.165) is 0 Å². The molecule has 0 fully saturated rings. The molecule has 0 aliphatic heterocycles. The summed E-state index contributed by atoms with van der Waals surface area (Å²) < 4.78 is 4.55. The molecule has 0 saturated carbocycles. The van der Waals surface area contributed by atoms with E-state index in [0.29, 0.717) is 5.56 Å². The van der Waals surface area contributed by atoms with Crippen LogP contribution in [0.2, 0.25) is 0 Å². The second-order valence-electron chi connectivity index (χ2n) is 4.80. The summed E-state index contributed by atoms with van der Waals surface area (Å²) in [4.78, 5) is 34.2. The van der Waals surface area contributed by atoms with E-state index in [1.54, 1.807) is 6.92 Å². The molecule has 1 aromatic rings. The van der Waals surface area contributed by atoms with Gasteiger partial charge < -0.3 is 25.4 Å². The number of carboxylic acid groups (broad SMARTS) is 1. The molecular weight excluding hydrogens is 306 g/mol. The van der Waals surface area contributed by atoms with E-state index in [-0.39, 0.29) is 18.8 Å². The molecule has 126 valence electrons. The fourth-order valence-electron chi connectivity index (χ4n) is 1.82. The van der Waals surface area contributed by atoms with E-state index >= 15 is 0 Å². The van der Waals surface area contributed by atoms with Crippen molar-refractivity contribution >= 4 is 17.8 Å². The third-order valence-electron chi connectivity index (χ3n) is 2.95. The van der Waals surface area contributed by atoms with Crippen LogP contribution in [0.1, 0.15) is 18.9 Å². The van der Waals surface area contributed by atoms with Gasteiger partial charge in [0.2, 0.25) is 5.91 Å². The Hall–Kier alpha value is -2.61. The fourth-order valence-corrected chi connectivity index (χ4v) is 1.82. The maximum atomic E-state index is 11.7. The molecule has 4 N–H and O–H groups in total. The lowest BCUT2D eigenvalue weighted by atomic mass is 10.1. The Morgan fingerprint density at radius 1 is 1.22 bits per heavy atom. The first-order valence-corrected chi connectivity index (χ1v) is 6.98. The zero-order valence-electron chi connectivity index (χ0n) is 12.6. The van der Waals surface area contributed by atoms with Crippen molar-refractivity contribution in [1.82, 2.24) is 5.32 Å². The van der Waals surface area contributed by atoms with E-state index in [1.165, 1.54) is 24.3 Å². The van der Waals surface area contributed by atoms with Gasteiger partial charge in [-0.25, -0.2) is 9.59 Å². The molecule has 8 nitrogen and oxygen atoms in total. The average Bonchev–Trinajstić information content (AvgIpc) is 2.48. The minimum absolute atomic E-state index is 0.00312. The number of carboxylic acids is 1. The largest absolute Gasteiger partial charge is 0.508 e. The first-order valence-electron chi connectivity index (χ1n) is 6.98. The van der Waals surface area contributed by atoms with Crippen molar-refractivity contribution in [2.45, 2.75) is 31.9 Å². The standard InChI is InChI=1S/C15H19NO7/c1-2-23-15(22)12(18)8-13(19)16-11(14(20)21)7-9-3-5-10(17)6-4-9/h3-6,11-12,17-18H,2,7-8H2,1H3,(H,16,19)(H,20,21)/t11-,12+/m0/s1. The molecule has 0 aliphatic rings. The predicted octanol–water partition coefficient (Wildman–Crippen LogP) is -0.182. The SMILES string of the molecule is CCOC(=O)[C@H](O)CC(=O)N[C@@H](Cc1ccc(O)cc1)C(=O)O. The molecule has 0 aliphatic carbocycles. The number of aliphatic hydroxyl groups is 1. The quantitative estimate of drug-likeness (QED) is 0.487. The highest BCUT2D eigenvalue weighted by atomic mass is 16.5. The highest BCUT2D eigenvalue weighted by Gasteiger charge is 2.25.